The number of halogens is 1. The van der Waals surface area contributed by atoms with Gasteiger partial charge < -0.3 is 9.47 Å². The molecule has 4 rings (SSSR count). The summed E-state index contributed by atoms with van der Waals surface area (Å²) in [5.74, 6) is 0.578. The first-order valence-electron chi connectivity index (χ1n) is 11.5. The van der Waals surface area contributed by atoms with Crippen LogP contribution in [0.5, 0.6) is 17.2 Å². The van der Waals surface area contributed by atoms with Gasteiger partial charge in [0.1, 0.15) is 0 Å². The molecule has 0 saturated carbocycles. The minimum Gasteiger partial charge on any atom is -0.493 e. The normalized spacial score (nSPS) is 11.9. The van der Waals surface area contributed by atoms with Crippen molar-refractivity contribution in [2.75, 3.05) is 11.8 Å². The number of aromatic nitrogens is 4. The summed E-state index contributed by atoms with van der Waals surface area (Å²) in [5, 5.41) is 0.897. The van der Waals surface area contributed by atoms with Crippen molar-refractivity contribution in [3.05, 3.63) is 88.7 Å². The van der Waals surface area contributed by atoms with Crippen LogP contribution in [0.1, 0.15) is 31.9 Å². The van der Waals surface area contributed by atoms with Gasteiger partial charge in [-0.2, -0.15) is 0 Å². The van der Waals surface area contributed by atoms with Crippen molar-refractivity contribution >= 4 is 33.5 Å². The molecule has 0 aliphatic rings. The fourth-order valence-corrected chi connectivity index (χ4v) is 4.36. The van der Waals surface area contributed by atoms with E-state index < -0.39 is 10.0 Å². The van der Waals surface area contributed by atoms with Crippen molar-refractivity contribution in [1.29, 1.82) is 0 Å². The van der Waals surface area contributed by atoms with E-state index in [1.807, 2.05) is 24.3 Å². The lowest BCUT2D eigenvalue weighted by molar-refractivity contribution is 0.378. The van der Waals surface area contributed by atoms with Crippen molar-refractivity contribution in [1.82, 2.24) is 19.9 Å². The quantitative estimate of drug-likeness (QED) is 0.261. The number of ether oxygens (including phenoxy) is 2. The maximum atomic E-state index is 13.1. The van der Waals surface area contributed by atoms with E-state index in [9.17, 15) is 8.42 Å². The minimum absolute atomic E-state index is 0.0137. The van der Waals surface area contributed by atoms with Gasteiger partial charge in [0.05, 0.1) is 12.5 Å². The van der Waals surface area contributed by atoms with E-state index >= 15 is 0 Å². The number of nitrogens with one attached hydrogen (secondary N) is 1. The highest BCUT2D eigenvalue weighted by molar-refractivity contribution is 7.95. The number of anilines is 1. The van der Waals surface area contributed by atoms with Crippen molar-refractivity contribution in [2.45, 2.75) is 26.2 Å². The molecule has 0 aliphatic carbocycles. The monoisotopic (exact) mass is 551 g/mol. The summed E-state index contributed by atoms with van der Waals surface area (Å²) < 4.78 is 39.8. The lowest BCUT2D eigenvalue weighted by Gasteiger charge is -2.18. The molecule has 9 nitrogen and oxygen atoms in total. The topological polar surface area (TPSA) is 116 Å². The average Bonchev–Trinajstić information content (AvgIpc) is 2.89. The first-order chi connectivity index (χ1) is 18.1. The third-order valence-corrected chi connectivity index (χ3v) is 6.55. The number of hydrogen-bond donors (Lipinski definition) is 1. The van der Waals surface area contributed by atoms with Crippen LogP contribution < -0.4 is 14.2 Å². The molecule has 0 radical (unpaired) electrons. The average molecular weight is 552 g/mol. The van der Waals surface area contributed by atoms with Crippen LogP contribution in [0.25, 0.3) is 17.7 Å². The Labute approximate surface area is 226 Å². The first kappa shape index (κ1) is 27.0. The van der Waals surface area contributed by atoms with Gasteiger partial charge in [-0.25, -0.2) is 28.4 Å². The molecular weight excluding hydrogens is 526 g/mol. The van der Waals surface area contributed by atoms with Gasteiger partial charge >= 0.3 is 0 Å². The van der Waals surface area contributed by atoms with Gasteiger partial charge in [-0.1, -0.05) is 68.8 Å². The van der Waals surface area contributed by atoms with E-state index in [0.29, 0.717) is 17.1 Å². The molecule has 0 saturated heterocycles. The summed E-state index contributed by atoms with van der Waals surface area (Å²) in [6.07, 6.45) is 4.51. The lowest BCUT2D eigenvalue weighted by atomic mass is 9.87. The number of sulfonamides is 1. The summed E-state index contributed by atoms with van der Waals surface area (Å²) in [5.41, 5.74) is 1.84. The Morgan fingerprint density at radius 2 is 1.55 bits per heavy atom. The van der Waals surface area contributed by atoms with Gasteiger partial charge in [0, 0.05) is 12.4 Å². The molecular formula is C27H26ClN5O4S. The zero-order chi connectivity index (χ0) is 27.3. The molecule has 0 unspecified atom stereocenters. The molecule has 38 heavy (non-hydrogen) atoms. The molecule has 2 heterocycles. The lowest BCUT2D eigenvalue weighted by Crippen LogP contribution is -2.13. The molecule has 1 N–H and O–H groups in total. The predicted molar refractivity (Wildman–Crippen MR) is 148 cm³/mol. The van der Waals surface area contributed by atoms with E-state index in [4.69, 9.17) is 21.1 Å². The van der Waals surface area contributed by atoms with E-state index in [1.54, 1.807) is 30.3 Å². The molecule has 2 aromatic heterocycles. The van der Waals surface area contributed by atoms with E-state index in [-0.39, 0.29) is 33.8 Å². The van der Waals surface area contributed by atoms with Crippen LogP contribution in [-0.4, -0.2) is 35.5 Å². The van der Waals surface area contributed by atoms with Crippen LogP contribution in [0.15, 0.2) is 72.4 Å². The number of benzene rings is 2. The van der Waals surface area contributed by atoms with Gasteiger partial charge in [-0.15, -0.1) is 0 Å². The number of nitrogens with zero attached hydrogens (tertiary/aromatic N) is 4. The second-order valence-electron chi connectivity index (χ2n) is 9.16. The van der Waals surface area contributed by atoms with Gasteiger partial charge in [-0.05, 0) is 40.8 Å². The van der Waals surface area contributed by atoms with Crippen molar-refractivity contribution < 1.29 is 17.9 Å². The number of hydrogen-bond acceptors (Lipinski definition) is 8. The number of para-hydroxylation sites is 2. The van der Waals surface area contributed by atoms with Crippen molar-refractivity contribution in [3.8, 4) is 28.9 Å². The summed E-state index contributed by atoms with van der Waals surface area (Å²) in [7, 11) is -2.56. The second kappa shape index (κ2) is 11.2. The van der Waals surface area contributed by atoms with Gasteiger partial charge in [0.2, 0.25) is 11.6 Å². The summed E-state index contributed by atoms with van der Waals surface area (Å²) in [6.45, 7) is 6.33. The van der Waals surface area contributed by atoms with Crippen LogP contribution in [-0.2, 0) is 15.4 Å². The Morgan fingerprint density at radius 3 is 2.18 bits per heavy atom. The highest BCUT2D eigenvalue weighted by atomic mass is 35.5. The molecule has 196 valence electrons. The molecule has 11 heteroatoms. The smallest absolute Gasteiger partial charge is 0.256 e. The van der Waals surface area contributed by atoms with Crippen LogP contribution in [0.3, 0.4) is 0 Å². The fraction of sp³-hybridized carbons (Fsp3) is 0.185. The van der Waals surface area contributed by atoms with Crippen molar-refractivity contribution in [3.63, 3.8) is 0 Å². The summed E-state index contributed by atoms with van der Waals surface area (Å²) >= 11 is 6.46. The van der Waals surface area contributed by atoms with Gasteiger partial charge in [0.15, 0.2) is 28.3 Å². The minimum atomic E-state index is -4.05. The van der Waals surface area contributed by atoms with Crippen molar-refractivity contribution in [2.24, 2.45) is 0 Å². The third-order valence-electron chi connectivity index (χ3n) is 5.33. The van der Waals surface area contributed by atoms with Crippen LogP contribution in [0.4, 0.5) is 5.82 Å². The molecule has 0 atom stereocenters. The Bertz CT molecular complexity index is 1560. The Hall–Kier alpha value is -4.02. The van der Waals surface area contributed by atoms with Crippen LogP contribution >= 0.6 is 11.6 Å². The molecule has 0 bridgehead atoms. The third kappa shape index (κ3) is 6.64. The van der Waals surface area contributed by atoms with Crippen LogP contribution in [0, 0.1) is 0 Å². The largest absolute Gasteiger partial charge is 0.493 e. The highest BCUT2D eigenvalue weighted by Gasteiger charge is 2.22. The molecule has 0 aliphatic heterocycles. The zero-order valence-electron chi connectivity index (χ0n) is 21.2. The molecule has 2 aromatic carbocycles. The molecule has 0 spiro atoms. The summed E-state index contributed by atoms with van der Waals surface area (Å²) in [4.78, 5) is 16.8. The van der Waals surface area contributed by atoms with Crippen LogP contribution in [0.2, 0.25) is 5.15 Å². The fourth-order valence-electron chi connectivity index (χ4n) is 3.34. The highest BCUT2D eigenvalue weighted by Crippen LogP contribution is 2.39. The standard InChI is InChI=1S/C27H26ClN5O4S/c1-27(2,3)19-12-10-18(11-13-19)14-17-38(34,35)33-24-22(37-21-9-6-5-8-20(21)36-4)23(28)31-26(32-24)25-29-15-7-16-30-25/h5-17H,1-4H3,(H,31,32,33). The number of rotatable bonds is 8. The molecule has 0 amide bonds. The predicted octanol–water partition coefficient (Wildman–Crippen LogP) is 6.10. The van der Waals surface area contributed by atoms with Gasteiger partial charge in [-0.3, -0.25) is 4.72 Å². The zero-order valence-corrected chi connectivity index (χ0v) is 22.8. The van der Waals surface area contributed by atoms with E-state index in [2.05, 4.69) is 45.4 Å². The Morgan fingerprint density at radius 1 is 0.895 bits per heavy atom. The van der Waals surface area contributed by atoms with Gasteiger partial charge in [0.25, 0.3) is 10.0 Å². The maximum absolute atomic E-state index is 13.1. The first-order valence-corrected chi connectivity index (χ1v) is 13.5. The van der Waals surface area contributed by atoms with E-state index in [0.717, 1.165) is 11.0 Å². The molecule has 4 aromatic rings. The SMILES string of the molecule is COc1ccccc1Oc1c(Cl)nc(-c2ncccn2)nc1NS(=O)(=O)C=Cc1ccc(C(C)(C)C)cc1. The maximum Gasteiger partial charge on any atom is 0.256 e. The molecule has 0 fully saturated rings. The Kier molecular flexibility index (Phi) is 7.94. The summed E-state index contributed by atoms with van der Waals surface area (Å²) in [6, 6.07) is 16.1. The Balaban J connectivity index is 1.70. The van der Waals surface area contributed by atoms with E-state index in [1.165, 1.54) is 25.6 Å². The number of methoxy groups -OCH3 is 1. The second-order valence-corrected chi connectivity index (χ2v) is 11.1.